The number of hydrogen-bond donors (Lipinski definition) is 1. The lowest BCUT2D eigenvalue weighted by Crippen LogP contribution is -2.11. The van der Waals surface area contributed by atoms with Crippen LogP contribution in [0.1, 0.15) is 0 Å². The van der Waals surface area contributed by atoms with Crippen molar-refractivity contribution in [3.63, 3.8) is 0 Å². The zero-order chi connectivity index (χ0) is 14.4. The van der Waals surface area contributed by atoms with Crippen molar-refractivity contribution in [1.29, 1.82) is 0 Å². The van der Waals surface area contributed by atoms with Gasteiger partial charge in [0.1, 0.15) is 18.1 Å². The first-order valence-corrected chi connectivity index (χ1v) is 7.60. The molecule has 2 rings (SSSR count). The molecule has 1 N–H and O–H groups in total. The van der Waals surface area contributed by atoms with Gasteiger partial charge in [0.2, 0.25) is 0 Å². The highest BCUT2D eigenvalue weighted by Gasteiger charge is 2.00. The van der Waals surface area contributed by atoms with Gasteiger partial charge in [-0.1, -0.05) is 11.6 Å². The predicted octanol–water partition coefficient (Wildman–Crippen LogP) is 4.44. The molecule has 0 unspecified atom stereocenters. The highest BCUT2D eigenvalue weighted by Crippen LogP contribution is 2.23. The van der Waals surface area contributed by atoms with E-state index in [2.05, 4.69) is 27.9 Å². The summed E-state index contributed by atoms with van der Waals surface area (Å²) in [5, 5.41) is 3.97. The summed E-state index contributed by atoms with van der Waals surface area (Å²) in [6.45, 7) is 1.25. The van der Waals surface area contributed by atoms with E-state index in [9.17, 15) is 0 Å². The van der Waals surface area contributed by atoms with Gasteiger partial charge in [-0.3, -0.25) is 0 Å². The van der Waals surface area contributed by atoms with Crippen LogP contribution in [0.15, 0.2) is 42.5 Å². The Labute approximate surface area is 137 Å². The Bertz CT molecular complexity index is 560. The summed E-state index contributed by atoms with van der Waals surface area (Å²) in [5.41, 5.74) is 0.922. The predicted molar refractivity (Wildman–Crippen MR) is 91.1 cm³/mol. The van der Waals surface area contributed by atoms with Crippen LogP contribution < -0.4 is 14.8 Å². The number of methoxy groups -OCH3 is 1. The maximum Gasteiger partial charge on any atom is 0.119 e. The standard InChI is InChI=1S/C15H15ClINO2/c1-19-12-3-5-13(6-4-12)20-9-8-18-15-7-2-11(17)10-14(15)16/h2-7,10,18H,8-9H2,1H3. The minimum Gasteiger partial charge on any atom is -0.497 e. The molecule has 0 saturated heterocycles. The molecule has 0 atom stereocenters. The molecular formula is C15H15ClINO2. The van der Waals surface area contributed by atoms with Gasteiger partial charge >= 0.3 is 0 Å². The van der Waals surface area contributed by atoms with Crippen molar-refractivity contribution in [3.05, 3.63) is 51.1 Å². The zero-order valence-electron chi connectivity index (χ0n) is 11.0. The van der Waals surface area contributed by atoms with E-state index < -0.39 is 0 Å². The van der Waals surface area contributed by atoms with E-state index in [4.69, 9.17) is 21.1 Å². The Morgan fingerprint density at radius 3 is 2.45 bits per heavy atom. The fraction of sp³-hybridized carbons (Fsp3) is 0.200. The lowest BCUT2D eigenvalue weighted by molar-refractivity contribution is 0.332. The molecule has 2 aromatic rings. The minimum atomic E-state index is 0.564. The second-order valence-electron chi connectivity index (χ2n) is 4.07. The molecule has 0 heterocycles. The van der Waals surface area contributed by atoms with Gasteiger partial charge in [-0.25, -0.2) is 0 Å². The van der Waals surface area contributed by atoms with Crippen LogP contribution in [0.3, 0.4) is 0 Å². The van der Waals surface area contributed by atoms with Crippen molar-refractivity contribution in [2.45, 2.75) is 0 Å². The summed E-state index contributed by atoms with van der Waals surface area (Å²) >= 11 is 8.37. The molecule has 0 fully saturated rings. The Balaban J connectivity index is 1.78. The molecule has 0 radical (unpaired) electrons. The lowest BCUT2D eigenvalue weighted by atomic mass is 10.3. The second kappa shape index (κ2) is 7.59. The molecule has 20 heavy (non-hydrogen) atoms. The summed E-state index contributed by atoms with van der Waals surface area (Å²) < 4.78 is 11.8. The van der Waals surface area contributed by atoms with E-state index in [0.717, 1.165) is 25.8 Å². The molecule has 0 saturated carbocycles. The number of nitrogens with one attached hydrogen (secondary N) is 1. The molecule has 0 aromatic heterocycles. The van der Waals surface area contributed by atoms with Crippen LogP contribution in [0, 0.1) is 3.57 Å². The molecule has 3 nitrogen and oxygen atoms in total. The third-order valence-corrected chi connectivity index (χ3v) is 3.66. The first-order chi connectivity index (χ1) is 9.69. The van der Waals surface area contributed by atoms with Gasteiger partial charge in [-0.15, -0.1) is 0 Å². The Kier molecular flexibility index (Phi) is 5.79. The summed E-state index contributed by atoms with van der Waals surface area (Å²) in [6.07, 6.45) is 0. The fourth-order valence-electron chi connectivity index (χ4n) is 1.66. The van der Waals surface area contributed by atoms with Crippen LogP contribution in [0.25, 0.3) is 0 Å². The minimum absolute atomic E-state index is 0.564. The first-order valence-electron chi connectivity index (χ1n) is 6.15. The largest absolute Gasteiger partial charge is 0.497 e. The van der Waals surface area contributed by atoms with Crippen LogP contribution in [0.2, 0.25) is 5.02 Å². The van der Waals surface area contributed by atoms with Gasteiger partial charge in [0.05, 0.1) is 17.8 Å². The van der Waals surface area contributed by atoms with Gasteiger partial charge in [0, 0.05) is 10.1 Å². The molecule has 106 valence electrons. The van der Waals surface area contributed by atoms with Crippen molar-refractivity contribution in [2.24, 2.45) is 0 Å². The van der Waals surface area contributed by atoms with E-state index >= 15 is 0 Å². The zero-order valence-corrected chi connectivity index (χ0v) is 13.9. The number of hydrogen-bond acceptors (Lipinski definition) is 3. The van der Waals surface area contributed by atoms with Crippen molar-refractivity contribution in [1.82, 2.24) is 0 Å². The smallest absolute Gasteiger partial charge is 0.119 e. The van der Waals surface area contributed by atoms with Gasteiger partial charge in [-0.2, -0.15) is 0 Å². The third kappa shape index (κ3) is 4.45. The van der Waals surface area contributed by atoms with E-state index in [0.29, 0.717) is 13.2 Å². The molecule has 0 amide bonds. The lowest BCUT2D eigenvalue weighted by Gasteiger charge is -2.10. The topological polar surface area (TPSA) is 30.5 Å². The maximum absolute atomic E-state index is 6.14. The van der Waals surface area contributed by atoms with Crippen molar-refractivity contribution < 1.29 is 9.47 Å². The quantitative estimate of drug-likeness (QED) is 0.571. The Morgan fingerprint density at radius 1 is 1.10 bits per heavy atom. The van der Waals surface area contributed by atoms with Gasteiger partial charge in [-0.05, 0) is 65.1 Å². The molecule has 0 bridgehead atoms. The normalized spacial score (nSPS) is 10.2. The number of ether oxygens (including phenoxy) is 2. The number of benzene rings is 2. The maximum atomic E-state index is 6.14. The first kappa shape index (κ1) is 15.3. The van der Waals surface area contributed by atoms with Crippen LogP contribution >= 0.6 is 34.2 Å². The van der Waals surface area contributed by atoms with Crippen molar-refractivity contribution >= 4 is 39.9 Å². The Hall–Kier alpha value is -1.14. The molecule has 2 aromatic carbocycles. The van der Waals surface area contributed by atoms with Gasteiger partial charge in [0.15, 0.2) is 0 Å². The van der Waals surface area contributed by atoms with E-state index in [1.54, 1.807) is 7.11 Å². The van der Waals surface area contributed by atoms with Crippen molar-refractivity contribution in [2.75, 3.05) is 25.6 Å². The monoisotopic (exact) mass is 403 g/mol. The Morgan fingerprint density at radius 2 is 1.80 bits per heavy atom. The molecule has 5 heteroatoms. The van der Waals surface area contributed by atoms with Gasteiger partial charge < -0.3 is 14.8 Å². The highest BCUT2D eigenvalue weighted by molar-refractivity contribution is 14.1. The number of anilines is 1. The average Bonchev–Trinajstić information content (AvgIpc) is 2.46. The molecular weight excluding hydrogens is 389 g/mol. The van der Waals surface area contributed by atoms with Crippen molar-refractivity contribution in [3.8, 4) is 11.5 Å². The van der Waals surface area contributed by atoms with E-state index in [-0.39, 0.29) is 0 Å². The number of rotatable bonds is 6. The average molecular weight is 404 g/mol. The second-order valence-corrected chi connectivity index (χ2v) is 5.73. The van der Waals surface area contributed by atoms with Crippen LogP contribution in [0.4, 0.5) is 5.69 Å². The summed E-state index contributed by atoms with van der Waals surface area (Å²) in [7, 11) is 1.64. The summed E-state index contributed by atoms with van der Waals surface area (Å²) in [6, 6.07) is 13.4. The van der Waals surface area contributed by atoms with E-state index in [1.807, 2.05) is 42.5 Å². The van der Waals surface area contributed by atoms with Crippen LogP contribution in [0.5, 0.6) is 11.5 Å². The number of halogens is 2. The van der Waals surface area contributed by atoms with Crippen LogP contribution in [-0.4, -0.2) is 20.3 Å². The SMILES string of the molecule is COc1ccc(OCCNc2ccc(I)cc2Cl)cc1. The summed E-state index contributed by atoms with van der Waals surface area (Å²) in [5.74, 6) is 1.64. The highest BCUT2D eigenvalue weighted by atomic mass is 127. The summed E-state index contributed by atoms with van der Waals surface area (Å²) in [4.78, 5) is 0. The van der Waals surface area contributed by atoms with E-state index in [1.165, 1.54) is 0 Å². The third-order valence-electron chi connectivity index (χ3n) is 2.68. The molecule has 0 aliphatic rings. The molecule has 0 spiro atoms. The fourth-order valence-corrected chi connectivity index (χ4v) is 2.58. The molecule has 0 aliphatic carbocycles. The molecule has 0 aliphatic heterocycles. The van der Waals surface area contributed by atoms with Gasteiger partial charge in [0.25, 0.3) is 0 Å². The van der Waals surface area contributed by atoms with Crippen LogP contribution in [-0.2, 0) is 0 Å².